The van der Waals surface area contributed by atoms with E-state index in [-0.39, 0.29) is 17.5 Å². The second-order valence-electron chi connectivity index (χ2n) is 4.29. The molecular weight excluding hydrogens is 286 g/mol. The number of carbonyl (C=O) groups is 1. The SMILES string of the molecule is CN(C(=O)COc1ccccc1C(N)=S)c1ccccn1. The minimum absolute atomic E-state index is 0.118. The number of hydrogen-bond donors (Lipinski definition) is 1. The number of likely N-dealkylation sites (N-methyl/N-ethyl adjacent to an activating group) is 1. The number of carbonyl (C=O) groups excluding carboxylic acids is 1. The van der Waals surface area contributed by atoms with Gasteiger partial charge in [0, 0.05) is 13.2 Å². The Bertz CT molecular complexity index is 646. The number of pyridine rings is 1. The Morgan fingerprint density at radius 3 is 2.67 bits per heavy atom. The fourth-order valence-electron chi connectivity index (χ4n) is 1.71. The standard InChI is InChI=1S/C15H15N3O2S/c1-18(13-8-4-5-9-17-13)14(19)10-20-12-7-3-2-6-11(12)15(16)21/h2-9H,10H2,1H3,(H2,16,21). The maximum Gasteiger partial charge on any atom is 0.265 e. The van der Waals surface area contributed by atoms with Crippen LogP contribution in [-0.4, -0.2) is 29.5 Å². The van der Waals surface area contributed by atoms with Crippen molar-refractivity contribution in [2.24, 2.45) is 5.73 Å². The molecule has 2 rings (SSSR count). The van der Waals surface area contributed by atoms with Crippen LogP contribution >= 0.6 is 12.2 Å². The number of nitrogens with two attached hydrogens (primary N) is 1. The molecule has 0 saturated carbocycles. The van der Waals surface area contributed by atoms with Crippen molar-refractivity contribution in [1.82, 2.24) is 4.98 Å². The Morgan fingerprint density at radius 1 is 1.29 bits per heavy atom. The molecule has 0 radical (unpaired) electrons. The Kier molecular flexibility index (Phi) is 4.84. The third kappa shape index (κ3) is 3.76. The Morgan fingerprint density at radius 2 is 2.00 bits per heavy atom. The molecule has 0 aliphatic carbocycles. The molecule has 0 bridgehead atoms. The summed E-state index contributed by atoms with van der Waals surface area (Å²) in [6, 6.07) is 12.4. The van der Waals surface area contributed by atoms with E-state index >= 15 is 0 Å². The van der Waals surface area contributed by atoms with Crippen LogP contribution in [0.15, 0.2) is 48.7 Å². The van der Waals surface area contributed by atoms with Crippen molar-refractivity contribution < 1.29 is 9.53 Å². The third-order valence-electron chi connectivity index (χ3n) is 2.87. The van der Waals surface area contributed by atoms with Crippen LogP contribution in [0, 0.1) is 0 Å². The molecule has 0 saturated heterocycles. The maximum atomic E-state index is 12.1. The first-order valence-corrected chi connectivity index (χ1v) is 6.69. The normalized spacial score (nSPS) is 9.95. The second-order valence-corrected chi connectivity index (χ2v) is 4.73. The largest absolute Gasteiger partial charge is 0.483 e. The molecule has 5 nitrogen and oxygen atoms in total. The molecular formula is C15H15N3O2S. The van der Waals surface area contributed by atoms with Gasteiger partial charge in [0.05, 0.1) is 5.56 Å². The zero-order valence-corrected chi connectivity index (χ0v) is 12.3. The van der Waals surface area contributed by atoms with E-state index in [1.165, 1.54) is 4.90 Å². The fraction of sp³-hybridized carbons (Fsp3) is 0.133. The van der Waals surface area contributed by atoms with Gasteiger partial charge in [0.25, 0.3) is 5.91 Å². The van der Waals surface area contributed by atoms with E-state index < -0.39 is 0 Å². The minimum atomic E-state index is -0.216. The first-order chi connectivity index (χ1) is 10.1. The van der Waals surface area contributed by atoms with Gasteiger partial charge in [0.1, 0.15) is 16.6 Å². The number of amides is 1. The van der Waals surface area contributed by atoms with Crippen LogP contribution in [0.5, 0.6) is 5.75 Å². The summed E-state index contributed by atoms with van der Waals surface area (Å²) in [5.74, 6) is 0.841. The lowest BCUT2D eigenvalue weighted by atomic mass is 10.2. The molecule has 0 fully saturated rings. The molecule has 0 spiro atoms. The third-order valence-corrected chi connectivity index (χ3v) is 3.09. The van der Waals surface area contributed by atoms with E-state index in [1.54, 1.807) is 43.6 Å². The van der Waals surface area contributed by atoms with Gasteiger partial charge < -0.3 is 10.5 Å². The van der Waals surface area contributed by atoms with E-state index in [0.717, 1.165) is 0 Å². The molecule has 108 valence electrons. The van der Waals surface area contributed by atoms with Crippen LogP contribution in [0.1, 0.15) is 5.56 Å². The van der Waals surface area contributed by atoms with Gasteiger partial charge in [-0.25, -0.2) is 4.98 Å². The van der Waals surface area contributed by atoms with Gasteiger partial charge in [-0.05, 0) is 24.3 Å². The predicted octanol–water partition coefficient (Wildman–Crippen LogP) is 1.76. The topological polar surface area (TPSA) is 68.5 Å². The van der Waals surface area contributed by atoms with Gasteiger partial charge in [0.2, 0.25) is 0 Å². The summed E-state index contributed by atoms with van der Waals surface area (Å²) in [5, 5.41) is 0. The van der Waals surface area contributed by atoms with Gasteiger partial charge in [-0.15, -0.1) is 0 Å². The minimum Gasteiger partial charge on any atom is -0.483 e. The van der Waals surface area contributed by atoms with Gasteiger partial charge in [-0.1, -0.05) is 30.4 Å². The van der Waals surface area contributed by atoms with Crippen LogP contribution in [0.25, 0.3) is 0 Å². The molecule has 2 aromatic rings. The van der Waals surface area contributed by atoms with E-state index in [4.69, 9.17) is 22.7 Å². The molecule has 1 heterocycles. The number of aromatic nitrogens is 1. The number of nitrogens with zero attached hydrogens (tertiary/aromatic N) is 2. The number of thiocarbonyl (C=S) groups is 1. The van der Waals surface area contributed by atoms with E-state index in [1.807, 2.05) is 12.1 Å². The van der Waals surface area contributed by atoms with Crippen molar-refractivity contribution in [3.05, 3.63) is 54.2 Å². The summed E-state index contributed by atoms with van der Waals surface area (Å²) < 4.78 is 5.52. The molecule has 6 heteroatoms. The van der Waals surface area contributed by atoms with Crippen molar-refractivity contribution in [3.63, 3.8) is 0 Å². The van der Waals surface area contributed by atoms with Crippen molar-refractivity contribution in [1.29, 1.82) is 0 Å². The van der Waals surface area contributed by atoms with Gasteiger partial charge in [0.15, 0.2) is 6.61 Å². The number of para-hydroxylation sites is 1. The molecule has 0 aliphatic heterocycles. The van der Waals surface area contributed by atoms with E-state index in [2.05, 4.69) is 4.98 Å². The van der Waals surface area contributed by atoms with Crippen LogP contribution in [0.4, 0.5) is 5.82 Å². The Balaban J connectivity index is 2.03. The van der Waals surface area contributed by atoms with Crippen molar-refractivity contribution in [2.45, 2.75) is 0 Å². The summed E-state index contributed by atoms with van der Waals surface area (Å²) in [6.45, 7) is -0.118. The summed E-state index contributed by atoms with van der Waals surface area (Å²) in [6.07, 6.45) is 1.63. The average Bonchev–Trinajstić information content (AvgIpc) is 2.52. The summed E-state index contributed by atoms with van der Waals surface area (Å²) in [5.41, 5.74) is 6.23. The summed E-state index contributed by atoms with van der Waals surface area (Å²) >= 11 is 4.95. The smallest absolute Gasteiger partial charge is 0.265 e. The number of benzene rings is 1. The molecule has 0 unspecified atom stereocenters. The molecule has 1 aromatic carbocycles. The highest BCUT2D eigenvalue weighted by Crippen LogP contribution is 2.18. The van der Waals surface area contributed by atoms with Gasteiger partial charge >= 0.3 is 0 Å². The van der Waals surface area contributed by atoms with Crippen molar-refractivity contribution >= 4 is 28.9 Å². The van der Waals surface area contributed by atoms with Gasteiger partial charge in [-0.2, -0.15) is 0 Å². The maximum absolute atomic E-state index is 12.1. The van der Waals surface area contributed by atoms with Crippen LogP contribution < -0.4 is 15.4 Å². The quantitative estimate of drug-likeness (QED) is 0.852. The molecule has 0 aliphatic rings. The highest BCUT2D eigenvalue weighted by molar-refractivity contribution is 7.80. The van der Waals surface area contributed by atoms with Crippen LogP contribution in [0.2, 0.25) is 0 Å². The lowest BCUT2D eigenvalue weighted by Crippen LogP contribution is -2.32. The van der Waals surface area contributed by atoms with Gasteiger partial charge in [-0.3, -0.25) is 9.69 Å². The summed E-state index contributed by atoms with van der Waals surface area (Å²) in [7, 11) is 1.65. The monoisotopic (exact) mass is 301 g/mol. The number of hydrogen-bond acceptors (Lipinski definition) is 4. The highest BCUT2D eigenvalue weighted by Gasteiger charge is 2.14. The molecule has 0 atom stereocenters. The second kappa shape index (κ2) is 6.81. The molecule has 1 amide bonds. The summed E-state index contributed by atoms with van der Waals surface area (Å²) in [4.78, 5) is 17.9. The molecule has 21 heavy (non-hydrogen) atoms. The lowest BCUT2D eigenvalue weighted by Gasteiger charge is -2.17. The fourth-order valence-corrected chi connectivity index (χ4v) is 1.88. The van der Waals surface area contributed by atoms with Crippen LogP contribution in [-0.2, 0) is 4.79 Å². The first-order valence-electron chi connectivity index (χ1n) is 6.29. The van der Waals surface area contributed by atoms with Crippen molar-refractivity contribution in [2.75, 3.05) is 18.6 Å². The highest BCUT2D eigenvalue weighted by atomic mass is 32.1. The Labute approximate surface area is 128 Å². The predicted molar refractivity (Wildman–Crippen MR) is 85.5 cm³/mol. The number of ether oxygens (including phenoxy) is 1. The van der Waals surface area contributed by atoms with E-state index in [0.29, 0.717) is 17.1 Å². The van der Waals surface area contributed by atoms with E-state index in [9.17, 15) is 4.79 Å². The van der Waals surface area contributed by atoms with Crippen LogP contribution in [0.3, 0.4) is 0 Å². The zero-order chi connectivity index (χ0) is 15.2. The Hall–Kier alpha value is -2.47. The van der Waals surface area contributed by atoms with Crippen molar-refractivity contribution in [3.8, 4) is 5.75 Å². The number of anilines is 1. The first kappa shape index (κ1) is 14.9. The molecule has 1 aromatic heterocycles. The zero-order valence-electron chi connectivity index (χ0n) is 11.5. The number of rotatable bonds is 5. The average molecular weight is 301 g/mol. The lowest BCUT2D eigenvalue weighted by molar-refractivity contribution is -0.120. The molecule has 2 N–H and O–H groups in total.